The van der Waals surface area contributed by atoms with Crippen LogP contribution in [0.4, 0.5) is 0 Å². The van der Waals surface area contributed by atoms with Crippen LogP contribution in [0.15, 0.2) is 23.0 Å². The Morgan fingerprint density at radius 3 is 2.88 bits per heavy atom. The van der Waals surface area contributed by atoms with Crippen molar-refractivity contribution < 1.29 is 19.1 Å². The van der Waals surface area contributed by atoms with Crippen molar-refractivity contribution >= 4 is 23.6 Å². The van der Waals surface area contributed by atoms with Crippen LogP contribution in [0, 0.1) is 0 Å². The third-order valence-corrected chi connectivity index (χ3v) is 2.64. The molecule has 88 valence electrons. The highest BCUT2D eigenvalue weighted by Crippen LogP contribution is 2.04. The minimum Gasteiger partial charge on any atom is -0.480 e. The Morgan fingerprint density at radius 2 is 2.38 bits per heavy atom. The maximum absolute atomic E-state index is 11.5. The standard InChI is InChI=1S/C10H13NO4S/c1-16-5-3-8(10(13)14)11-9(12)7-2-4-15-6-7/h2,4,6,8H,3,5H2,1H3,(H,11,12)(H,13,14)/t8-/m1/s1. The van der Waals surface area contributed by atoms with E-state index in [0.717, 1.165) is 0 Å². The lowest BCUT2D eigenvalue weighted by molar-refractivity contribution is -0.139. The molecule has 0 aliphatic carbocycles. The van der Waals surface area contributed by atoms with Gasteiger partial charge in [-0.25, -0.2) is 4.79 Å². The van der Waals surface area contributed by atoms with E-state index in [1.54, 1.807) is 0 Å². The van der Waals surface area contributed by atoms with Crippen LogP contribution in [0.25, 0.3) is 0 Å². The highest BCUT2D eigenvalue weighted by molar-refractivity contribution is 7.98. The Morgan fingerprint density at radius 1 is 1.62 bits per heavy atom. The normalized spacial score (nSPS) is 12.1. The molecule has 0 bridgehead atoms. The Labute approximate surface area is 97.2 Å². The van der Waals surface area contributed by atoms with Crippen molar-refractivity contribution in [2.75, 3.05) is 12.0 Å². The van der Waals surface area contributed by atoms with E-state index in [-0.39, 0.29) is 0 Å². The van der Waals surface area contributed by atoms with E-state index >= 15 is 0 Å². The van der Waals surface area contributed by atoms with Gasteiger partial charge in [-0.2, -0.15) is 11.8 Å². The number of nitrogens with one attached hydrogen (secondary N) is 1. The zero-order valence-corrected chi connectivity index (χ0v) is 9.62. The second-order valence-corrected chi connectivity index (χ2v) is 4.14. The molecule has 0 saturated carbocycles. The number of furan rings is 1. The molecule has 0 fully saturated rings. The van der Waals surface area contributed by atoms with Crippen molar-refractivity contribution in [3.8, 4) is 0 Å². The fourth-order valence-corrected chi connectivity index (χ4v) is 1.60. The second kappa shape index (κ2) is 6.22. The van der Waals surface area contributed by atoms with Crippen LogP contribution in [0.5, 0.6) is 0 Å². The van der Waals surface area contributed by atoms with Crippen molar-refractivity contribution in [2.45, 2.75) is 12.5 Å². The van der Waals surface area contributed by atoms with Gasteiger partial charge in [0.05, 0.1) is 11.8 Å². The second-order valence-electron chi connectivity index (χ2n) is 3.16. The lowest BCUT2D eigenvalue weighted by atomic mass is 10.2. The van der Waals surface area contributed by atoms with Gasteiger partial charge in [0.1, 0.15) is 12.3 Å². The van der Waals surface area contributed by atoms with Gasteiger partial charge in [-0.3, -0.25) is 4.79 Å². The lowest BCUT2D eigenvalue weighted by Gasteiger charge is -2.12. The van der Waals surface area contributed by atoms with E-state index in [1.165, 1.54) is 30.4 Å². The topological polar surface area (TPSA) is 79.5 Å². The Balaban J connectivity index is 2.54. The molecule has 6 heteroatoms. The van der Waals surface area contributed by atoms with Gasteiger partial charge < -0.3 is 14.8 Å². The van der Waals surface area contributed by atoms with Gasteiger partial charge in [0.2, 0.25) is 0 Å². The van der Waals surface area contributed by atoms with E-state index in [1.807, 2.05) is 6.26 Å². The van der Waals surface area contributed by atoms with Crippen molar-refractivity contribution in [1.29, 1.82) is 0 Å². The smallest absolute Gasteiger partial charge is 0.326 e. The molecule has 0 spiro atoms. The molecule has 1 aromatic rings. The maximum Gasteiger partial charge on any atom is 0.326 e. The minimum atomic E-state index is -1.02. The molecule has 0 aliphatic rings. The summed E-state index contributed by atoms with van der Waals surface area (Å²) in [5.41, 5.74) is 0.329. The van der Waals surface area contributed by atoms with Crippen LogP contribution >= 0.6 is 11.8 Å². The van der Waals surface area contributed by atoms with E-state index in [0.29, 0.717) is 17.7 Å². The molecular formula is C10H13NO4S. The molecule has 16 heavy (non-hydrogen) atoms. The number of aliphatic carboxylic acids is 1. The summed E-state index contributed by atoms with van der Waals surface area (Å²) in [6.45, 7) is 0. The number of carboxylic acid groups (broad SMARTS) is 1. The van der Waals surface area contributed by atoms with Gasteiger partial charge in [0, 0.05) is 0 Å². The first-order chi connectivity index (χ1) is 7.65. The molecule has 0 radical (unpaired) electrons. The zero-order chi connectivity index (χ0) is 12.0. The third kappa shape index (κ3) is 3.62. The van der Waals surface area contributed by atoms with E-state index in [4.69, 9.17) is 9.52 Å². The number of thioether (sulfide) groups is 1. The van der Waals surface area contributed by atoms with E-state index < -0.39 is 17.9 Å². The zero-order valence-electron chi connectivity index (χ0n) is 8.80. The number of carbonyl (C=O) groups is 2. The van der Waals surface area contributed by atoms with Crippen LogP contribution in [-0.4, -0.2) is 35.0 Å². The Hall–Kier alpha value is -1.43. The summed E-state index contributed by atoms with van der Waals surface area (Å²) in [4.78, 5) is 22.4. The number of carbonyl (C=O) groups excluding carboxylic acids is 1. The van der Waals surface area contributed by atoms with Gasteiger partial charge in [-0.05, 0) is 24.5 Å². The maximum atomic E-state index is 11.5. The minimum absolute atomic E-state index is 0.329. The van der Waals surface area contributed by atoms with Gasteiger partial charge in [-0.1, -0.05) is 0 Å². The van der Waals surface area contributed by atoms with Gasteiger partial charge in [-0.15, -0.1) is 0 Å². The summed E-state index contributed by atoms with van der Waals surface area (Å²) < 4.78 is 4.75. The number of carboxylic acids is 1. The van der Waals surface area contributed by atoms with Crippen LogP contribution in [0.3, 0.4) is 0 Å². The molecular weight excluding hydrogens is 230 g/mol. The highest BCUT2D eigenvalue weighted by Gasteiger charge is 2.20. The Bertz CT molecular complexity index is 350. The number of rotatable bonds is 6. The van der Waals surface area contributed by atoms with Gasteiger partial charge >= 0.3 is 5.97 Å². The lowest BCUT2D eigenvalue weighted by Crippen LogP contribution is -2.41. The molecule has 0 aliphatic heterocycles. The summed E-state index contributed by atoms with van der Waals surface area (Å²) in [5.74, 6) is -0.768. The molecule has 0 unspecified atom stereocenters. The van der Waals surface area contributed by atoms with Crippen molar-refractivity contribution in [3.63, 3.8) is 0 Å². The molecule has 5 nitrogen and oxygen atoms in total. The van der Waals surface area contributed by atoms with Crippen molar-refractivity contribution in [2.24, 2.45) is 0 Å². The molecule has 1 aromatic heterocycles. The fourth-order valence-electron chi connectivity index (χ4n) is 1.13. The summed E-state index contributed by atoms with van der Waals surface area (Å²) >= 11 is 1.54. The van der Waals surface area contributed by atoms with E-state index in [2.05, 4.69) is 5.32 Å². The largest absolute Gasteiger partial charge is 0.480 e. The summed E-state index contributed by atoms with van der Waals surface area (Å²) in [6, 6.07) is 0.637. The molecule has 2 N–H and O–H groups in total. The number of hydrogen-bond acceptors (Lipinski definition) is 4. The van der Waals surface area contributed by atoms with Crippen molar-refractivity contribution in [3.05, 3.63) is 24.2 Å². The quantitative estimate of drug-likeness (QED) is 0.785. The highest BCUT2D eigenvalue weighted by atomic mass is 32.2. The van der Waals surface area contributed by atoms with Gasteiger partial charge in [0.15, 0.2) is 0 Å². The third-order valence-electron chi connectivity index (χ3n) is 2.00. The predicted molar refractivity (Wildman–Crippen MR) is 60.6 cm³/mol. The summed E-state index contributed by atoms with van der Waals surface area (Å²) in [6.07, 6.45) is 4.94. The first-order valence-corrected chi connectivity index (χ1v) is 6.09. The van der Waals surface area contributed by atoms with Gasteiger partial charge in [0.25, 0.3) is 5.91 Å². The SMILES string of the molecule is CSCC[C@@H](NC(=O)c1ccoc1)C(=O)O. The first kappa shape index (κ1) is 12.6. The average molecular weight is 243 g/mol. The number of amides is 1. The first-order valence-electron chi connectivity index (χ1n) is 4.70. The number of hydrogen-bond donors (Lipinski definition) is 2. The monoisotopic (exact) mass is 243 g/mol. The Kier molecular flexibility index (Phi) is 4.91. The molecule has 1 amide bonds. The van der Waals surface area contributed by atoms with Crippen LogP contribution in [0.1, 0.15) is 16.8 Å². The van der Waals surface area contributed by atoms with Crippen LogP contribution in [-0.2, 0) is 4.79 Å². The van der Waals surface area contributed by atoms with Crippen molar-refractivity contribution in [1.82, 2.24) is 5.32 Å². The van der Waals surface area contributed by atoms with E-state index in [9.17, 15) is 9.59 Å². The summed E-state index contributed by atoms with van der Waals surface area (Å²) in [5, 5.41) is 11.3. The average Bonchev–Trinajstić information content (AvgIpc) is 2.76. The van der Waals surface area contributed by atoms with Crippen LogP contribution in [0.2, 0.25) is 0 Å². The molecule has 1 atom stereocenters. The fraction of sp³-hybridized carbons (Fsp3) is 0.400. The molecule has 0 saturated heterocycles. The molecule has 0 aromatic carbocycles. The molecule has 1 heterocycles. The molecule has 1 rings (SSSR count). The van der Waals surface area contributed by atoms with Crippen LogP contribution < -0.4 is 5.32 Å². The summed E-state index contributed by atoms with van der Waals surface area (Å²) in [7, 11) is 0. The predicted octanol–water partition coefficient (Wildman–Crippen LogP) is 1.22.